The third-order valence-electron chi connectivity index (χ3n) is 4.06. The van der Waals surface area contributed by atoms with E-state index in [9.17, 15) is 13.5 Å². The smallest absolute Gasteiger partial charge is 0.396 e. The van der Waals surface area contributed by atoms with Crippen molar-refractivity contribution in [3.8, 4) is 0 Å². The highest BCUT2D eigenvalue weighted by molar-refractivity contribution is 7.80. The van der Waals surface area contributed by atoms with E-state index < -0.39 is 23.1 Å². The van der Waals surface area contributed by atoms with Crippen molar-refractivity contribution in [1.29, 1.82) is 0 Å². The second-order valence-electron chi connectivity index (χ2n) is 5.25. The molecule has 10 heteroatoms. The fraction of sp³-hybridized carbons (Fsp3) is 1.00. The van der Waals surface area contributed by atoms with Crippen LogP contribution in [0.4, 0.5) is 0 Å². The van der Waals surface area contributed by atoms with Gasteiger partial charge in [-0.3, -0.25) is 4.55 Å². The van der Waals surface area contributed by atoms with E-state index in [1.807, 2.05) is 0 Å². The van der Waals surface area contributed by atoms with Crippen LogP contribution in [0.15, 0.2) is 0 Å². The number of hydrogen-bond donors (Lipinski definition) is 5. The van der Waals surface area contributed by atoms with Crippen LogP contribution in [0.25, 0.3) is 0 Å². The molecule has 0 aromatic heterocycles. The fourth-order valence-corrected chi connectivity index (χ4v) is 3.53. The lowest BCUT2D eigenvalue weighted by atomic mass is 10.1. The van der Waals surface area contributed by atoms with E-state index in [4.69, 9.17) is 19.9 Å². The molecule has 0 bridgehead atoms. The number of hydrogen-bond acceptors (Lipinski definition) is 7. The molecule has 126 valence electrons. The van der Waals surface area contributed by atoms with Crippen LogP contribution in [-0.2, 0) is 14.6 Å². The lowest BCUT2D eigenvalue weighted by molar-refractivity contribution is -0.828. The van der Waals surface area contributed by atoms with Crippen LogP contribution in [0.2, 0.25) is 0 Å². The van der Waals surface area contributed by atoms with Crippen molar-refractivity contribution < 1.29 is 42.1 Å². The Kier molecular flexibility index (Phi) is 6.94. The Morgan fingerprint density at radius 2 is 1.62 bits per heavy atom. The minimum Gasteiger partial charge on any atom is -0.396 e. The quantitative estimate of drug-likeness (QED) is 0.159. The predicted octanol–water partition coefficient (Wildman–Crippen LogP) is -2.51. The SMILES string of the molecule is O=S(=O)(O)OCC(O)CC1C(CCO)[N+]1(CCO)CCO. The number of quaternary nitrogens is 1. The van der Waals surface area contributed by atoms with Crippen LogP contribution in [-0.4, -0.2) is 95.6 Å². The molecule has 1 aliphatic heterocycles. The van der Waals surface area contributed by atoms with E-state index in [1.54, 1.807) is 0 Å². The summed E-state index contributed by atoms with van der Waals surface area (Å²) in [5, 5.41) is 37.2. The molecule has 0 radical (unpaired) electrons. The average Bonchev–Trinajstić information content (AvgIpc) is 2.94. The van der Waals surface area contributed by atoms with Gasteiger partial charge < -0.3 is 24.9 Å². The van der Waals surface area contributed by atoms with Gasteiger partial charge in [0.15, 0.2) is 0 Å². The molecule has 0 aliphatic carbocycles. The van der Waals surface area contributed by atoms with Gasteiger partial charge in [0, 0.05) is 19.4 Å². The number of aliphatic hydroxyl groups is 4. The summed E-state index contributed by atoms with van der Waals surface area (Å²) in [6.07, 6.45) is -0.438. The maximum absolute atomic E-state index is 10.5. The summed E-state index contributed by atoms with van der Waals surface area (Å²) in [6.45, 7) is 0.00465. The fourth-order valence-electron chi connectivity index (χ4n) is 3.20. The summed E-state index contributed by atoms with van der Waals surface area (Å²) in [5.74, 6) is 0. The van der Waals surface area contributed by atoms with Gasteiger partial charge in [-0.15, -0.1) is 0 Å². The first-order valence-electron chi connectivity index (χ1n) is 6.79. The first-order valence-corrected chi connectivity index (χ1v) is 8.16. The maximum Gasteiger partial charge on any atom is 0.397 e. The van der Waals surface area contributed by atoms with Crippen molar-refractivity contribution in [2.45, 2.75) is 31.0 Å². The van der Waals surface area contributed by atoms with E-state index in [2.05, 4.69) is 4.18 Å². The van der Waals surface area contributed by atoms with Gasteiger partial charge >= 0.3 is 10.4 Å². The normalized spacial score (nSPS) is 25.8. The van der Waals surface area contributed by atoms with Crippen LogP contribution in [0.3, 0.4) is 0 Å². The van der Waals surface area contributed by atoms with E-state index in [0.29, 0.717) is 24.0 Å². The Hall–Kier alpha value is -0.330. The van der Waals surface area contributed by atoms with Crippen LogP contribution in [0, 0.1) is 0 Å². The Labute approximate surface area is 123 Å². The molecule has 5 N–H and O–H groups in total. The second kappa shape index (κ2) is 7.79. The maximum atomic E-state index is 10.5. The van der Waals surface area contributed by atoms with E-state index in [1.165, 1.54) is 0 Å². The standard InChI is InChI=1S/C11H23NO8S/c13-4-1-10-11(12(10,2-5-14)3-6-15)7-9(16)8-20-21(17,18)19/h9-11,13-16H,1-8H2/p+1. The summed E-state index contributed by atoms with van der Waals surface area (Å²) in [5.41, 5.74) is 0. The molecule has 0 spiro atoms. The first kappa shape index (κ1) is 18.7. The first-order chi connectivity index (χ1) is 9.80. The van der Waals surface area contributed by atoms with Gasteiger partial charge in [0.05, 0.1) is 25.9 Å². The van der Waals surface area contributed by atoms with Crippen molar-refractivity contribution in [3.63, 3.8) is 0 Å². The summed E-state index contributed by atoms with van der Waals surface area (Å²) >= 11 is 0. The van der Waals surface area contributed by atoms with Crippen molar-refractivity contribution in [1.82, 2.24) is 0 Å². The highest BCUT2D eigenvalue weighted by Crippen LogP contribution is 2.44. The largest absolute Gasteiger partial charge is 0.397 e. The minimum absolute atomic E-state index is 0.00492. The van der Waals surface area contributed by atoms with Gasteiger partial charge in [0.2, 0.25) is 0 Å². The number of nitrogens with zero attached hydrogens (tertiary/aromatic N) is 1. The van der Waals surface area contributed by atoms with Gasteiger partial charge in [-0.05, 0) is 0 Å². The monoisotopic (exact) mass is 330 g/mol. The Morgan fingerprint density at radius 3 is 2.05 bits per heavy atom. The summed E-state index contributed by atoms with van der Waals surface area (Å²) < 4.78 is 33.9. The van der Waals surface area contributed by atoms with E-state index in [-0.39, 0.29) is 38.3 Å². The average molecular weight is 330 g/mol. The molecule has 1 aliphatic rings. The highest BCUT2D eigenvalue weighted by atomic mass is 32.3. The molecule has 0 aromatic rings. The summed E-state index contributed by atoms with van der Waals surface area (Å²) in [4.78, 5) is 0. The highest BCUT2D eigenvalue weighted by Gasteiger charge is 2.64. The third-order valence-corrected chi connectivity index (χ3v) is 4.49. The molecule has 0 saturated carbocycles. The van der Waals surface area contributed by atoms with Crippen LogP contribution >= 0.6 is 0 Å². The second-order valence-corrected chi connectivity index (χ2v) is 6.34. The van der Waals surface area contributed by atoms with Gasteiger partial charge in [-0.1, -0.05) is 0 Å². The van der Waals surface area contributed by atoms with Crippen LogP contribution in [0.1, 0.15) is 12.8 Å². The van der Waals surface area contributed by atoms with Crippen molar-refractivity contribution in [2.24, 2.45) is 0 Å². The Bertz CT molecular complexity index is 408. The molecular weight excluding hydrogens is 306 g/mol. The zero-order valence-corrected chi connectivity index (χ0v) is 12.5. The Balaban J connectivity index is 2.62. The minimum atomic E-state index is -4.59. The van der Waals surface area contributed by atoms with Crippen LogP contribution in [0.5, 0.6) is 0 Å². The number of aliphatic hydroxyl groups excluding tert-OH is 4. The molecule has 3 unspecified atom stereocenters. The molecule has 3 atom stereocenters. The van der Waals surface area contributed by atoms with Crippen molar-refractivity contribution >= 4 is 10.4 Å². The van der Waals surface area contributed by atoms with Gasteiger partial charge in [0.1, 0.15) is 25.2 Å². The summed E-state index contributed by atoms with van der Waals surface area (Å²) in [7, 11) is -4.59. The molecule has 0 amide bonds. The summed E-state index contributed by atoms with van der Waals surface area (Å²) in [6, 6.07) is -0.105. The molecule has 9 nitrogen and oxygen atoms in total. The number of rotatable bonds is 11. The van der Waals surface area contributed by atoms with E-state index >= 15 is 0 Å². The topological polar surface area (TPSA) is 145 Å². The zero-order valence-electron chi connectivity index (χ0n) is 11.7. The Morgan fingerprint density at radius 1 is 1.05 bits per heavy atom. The molecule has 1 rings (SSSR count). The third kappa shape index (κ3) is 5.11. The lowest BCUT2D eigenvalue weighted by Crippen LogP contribution is -2.38. The van der Waals surface area contributed by atoms with E-state index in [0.717, 1.165) is 0 Å². The van der Waals surface area contributed by atoms with Crippen LogP contribution < -0.4 is 0 Å². The van der Waals surface area contributed by atoms with Gasteiger partial charge in [-0.25, -0.2) is 4.18 Å². The molecule has 1 fully saturated rings. The zero-order chi connectivity index (χ0) is 16.1. The lowest BCUT2D eigenvalue weighted by Gasteiger charge is -2.21. The molecule has 21 heavy (non-hydrogen) atoms. The van der Waals surface area contributed by atoms with Gasteiger partial charge in [0.25, 0.3) is 0 Å². The van der Waals surface area contributed by atoms with Gasteiger partial charge in [-0.2, -0.15) is 8.42 Å². The molecule has 0 aromatic carbocycles. The molecule has 1 heterocycles. The molecule has 1 saturated heterocycles. The van der Waals surface area contributed by atoms with Crippen molar-refractivity contribution in [2.75, 3.05) is 39.5 Å². The predicted molar refractivity (Wildman–Crippen MR) is 71.6 cm³/mol. The van der Waals surface area contributed by atoms with Crippen molar-refractivity contribution in [3.05, 3.63) is 0 Å². The molecular formula is C11H24NO8S+.